The summed E-state index contributed by atoms with van der Waals surface area (Å²) >= 11 is 0. The Hall–Kier alpha value is -3.32. The third-order valence-electron chi connectivity index (χ3n) is 7.30. The number of esters is 1. The predicted molar refractivity (Wildman–Crippen MR) is 132 cm³/mol. The van der Waals surface area contributed by atoms with Crippen LogP contribution in [-0.2, 0) is 26.3 Å². The third-order valence-corrected chi connectivity index (χ3v) is 7.30. The van der Waals surface area contributed by atoms with E-state index in [4.69, 9.17) is 9.47 Å². The molecule has 36 heavy (non-hydrogen) atoms. The fraction of sp³-hybridized carbons (Fsp3) is 0.481. The molecule has 3 aliphatic rings. The normalized spacial score (nSPS) is 22.2. The van der Waals surface area contributed by atoms with Gasteiger partial charge in [0.15, 0.2) is 0 Å². The number of nitriles is 1. The van der Waals surface area contributed by atoms with Gasteiger partial charge in [0.1, 0.15) is 17.7 Å². The van der Waals surface area contributed by atoms with Gasteiger partial charge in [-0.05, 0) is 31.6 Å². The van der Waals surface area contributed by atoms with E-state index >= 15 is 0 Å². The van der Waals surface area contributed by atoms with Crippen LogP contribution >= 0.6 is 0 Å². The first-order valence-electron chi connectivity index (χ1n) is 12.5. The molecule has 2 aromatic rings. The van der Waals surface area contributed by atoms with Gasteiger partial charge >= 0.3 is 5.97 Å². The number of amides is 1. The summed E-state index contributed by atoms with van der Waals surface area (Å²) in [5, 5.41) is 15.6. The van der Waals surface area contributed by atoms with Crippen molar-refractivity contribution in [2.45, 2.75) is 43.4 Å². The number of piperidine rings is 1. The summed E-state index contributed by atoms with van der Waals surface area (Å²) in [6.45, 7) is 3.54. The lowest BCUT2D eigenvalue weighted by Crippen LogP contribution is -2.46. The maximum atomic E-state index is 12.5. The fourth-order valence-corrected chi connectivity index (χ4v) is 5.12. The zero-order chi connectivity index (χ0) is 25.1. The van der Waals surface area contributed by atoms with Gasteiger partial charge in [0.2, 0.25) is 0 Å². The number of pyridine rings is 1. The van der Waals surface area contributed by atoms with E-state index in [0.717, 1.165) is 61.3 Å². The largest absolute Gasteiger partial charge is 0.450 e. The zero-order valence-electron chi connectivity index (χ0n) is 20.5. The molecule has 2 fully saturated rings. The Kier molecular flexibility index (Phi) is 7.01. The van der Waals surface area contributed by atoms with Crippen LogP contribution in [0.2, 0.25) is 0 Å². The first-order valence-corrected chi connectivity index (χ1v) is 12.5. The van der Waals surface area contributed by atoms with Gasteiger partial charge in [-0.25, -0.2) is 4.79 Å². The average molecular weight is 490 g/mol. The van der Waals surface area contributed by atoms with Gasteiger partial charge in [0, 0.05) is 62.8 Å². The number of carbonyl (C=O) groups excluding carboxylic acids is 2. The van der Waals surface area contributed by atoms with Crippen molar-refractivity contribution in [1.29, 1.82) is 5.26 Å². The molecule has 4 heterocycles. The number of ether oxygens (including phenoxy) is 2. The topological polar surface area (TPSA) is 117 Å². The Morgan fingerprint density at radius 1 is 1.33 bits per heavy atom. The molecule has 0 aliphatic carbocycles. The van der Waals surface area contributed by atoms with E-state index in [2.05, 4.69) is 33.6 Å². The predicted octanol–water partition coefficient (Wildman–Crippen LogP) is 1.77. The molecule has 1 aromatic heterocycles. The standard InChI is InChI=1S/C27H31N5O4/c1-32-10-7-27(8-11-32)22-14-23(30-16-21(22)26(34)36-27)19-5-3-18(4-6-19)13-20(15-28)31-25(33)24-17-29-9-2-12-35-24/h3-6,14,16,20,24,29H,2,7-13,17H2,1H3,(H,31,33)/t20-,24-/m0/s1. The Balaban J connectivity index is 1.28. The minimum Gasteiger partial charge on any atom is -0.450 e. The van der Waals surface area contributed by atoms with Gasteiger partial charge in [-0.3, -0.25) is 9.78 Å². The van der Waals surface area contributed by atoms with E-state index in [1.807, 2.05) is 30.3 Å². The number of benzene rings is 1. The van der Waals surface area contributed by atoms with Crippen LogP contribution in [0.3, 0.4) is 0 Å². The maximum Gasteiger partial charge on any atom is 0.341 e. The minimum atomic E-state index is -0.652. The Morgan fingerprint density at radius 2 is 2.11 bits per heavy atom. The molecular formula is C27H31N5O4. The van der Waals surface area contributed by atoms with Crippen LogP contribution < -0.4 is 10.6 Å². The van der Waals surface area contributed by atoms with Gasteiger partial charge in [-0.1, -0.05) is 24.3 Å². The monoisotopic (exact) mass is 489 g/mol. The molecule has 0 saturated carbocycles. The molecule has 2 atom stereocenters. The first-order chi connectivity index (χ1) is 17.5. The van der Waals surface area contributed by atoms with Gasteiger partial charge in [0.25, 0.3) is 5.91 Å². The quantitative estimate of drug-likeness (QED) is 0.611. The molecule has 1 aromatic carbocycles. The van der Waals surface area contributed by atoms with E-state index in [0.29, 0.717) is 25.1 Å². The number of carbonyl (C=O) groups is 2. The highest BCUT2D eigenvalue weighted by Gasteiger charge is 2.47. The Bertz CT molecular complexity index is 1160. The SMILES string of the molecule is CN1CCC2(CC1)OC(=O)c1cnc(-c3ccc(C[C@@H](C#N)NC(=O)[C@@H]4CNCCCO4)cc3)cc12. The van der Waals surface area contributed by atoms with Crippen LogP contribution in [0.25, 0.3) is 11.3 Å². The Labute approximate surface area is 210 Å². The van der Waals surface area contributed by atoms with Gasteiger partial charge < -0.3 is 25.0 Å². The number of hydrogen-bond acceptors (Lipinski definition) is 8. The minimum absolute atomic E-state index is 0.269. The van der Waals surface area contributed by atoms with Crippen LogP contribution in [0, 0.1) is 11.3 Å². The second-order valence-corrected chi connectivity index (χ2v) is 9.81. The molecule has 188 valence electrons. The van der Waals surface area contributed by atoms with Crippen molar-refractivity contribution < 1.29 is 19.1 Å². The van der Waals surface area contributed by atoms with Crippen LogP contribution in [-0.4, -0.2) is 73.7 Å². The number of aromatic nitrogens is 1. The van der Waals surface area contributed by atoms with Crippen molar-refractivity contribution in [3.8, 4) is 17.3 Å². The van der Waals surface area contributed by atoms with E-state index in [9.17, 15) is 14.9 Å². The second-order valence-electron chi connectivity index (χ2n) is 9.81. The van der Waals surface area contributed by atoms with Gasteiger partial charge in [0.05, 0.1) is 17.3 Å². The van der Waals surface area contributed by atoms with Crippen molar-refractivity contribution in [2.75, 3.05) is 39.8 Å². The summed E-state index contributed by atoms with van der Waals surface area (Å²) in [7, 11) is 2.08. The maximum absolute atomic E-state index is 12.5. The number of fused-ring (bicyclic) bond motifs is 2. The summed E-state index contributed by atoms with van der Waals surface area (Å²) in [6, 6.07) is 11.3. The van der Waals surface area contributed by atoms with Crippen molar-refractivity contribution in [1.82, 2.24) is 20.5 Å². The molecule has 2 N–H and O–H groups in total. The van der Waals surface area contributed by atoms with Crippen LogP contribution in [0.15, 0.2) is 36.5 Å². The number of rotatable bonds is 5. The van der Waals surface area contributed by atoms with E-state index in [1.54, 1.807) is 6.20 Å². The third kappa shape index (κ3) is 4.98. The van der Waals surface area contributed by atoms with Crippen molar-refractivity contribution in [3.05, 3.63) is 53.2 Å². The van der Waals surface area contributed by atoms with E-state index in [1.165, 1.54) is 0 Å². The van der Waals surface area contributed by atoms with Crippen molar-refractivity contribution >= 4 is 11.9 Å². The highest BCUT2D eigenvalue weighted by atomic mass is 16.6. The van der Waals surface area contributed by atoms with Crippen LogP contribution in [0.1, 0.15) is 40.7 Å². The lowest BCUT2D eigenvalue weighted by Gasteiger charge is -2.37. The second kappa shape index (κ2) is 10.3. The van der Waals surface area contributed by atoms with E-state index < -0.39 is 17.7 Å². The van der Waals surface area contributed by atoms with Crippen molar-refractivity contribution in [3.63, 3.8) is 0 Å². The highest BCUT2D eigenvalue weighted by molar-refractivity contribution is 5.95. The van der Waals surface area contributed by atoms with Crippen LogP contribution in [0.5, 0.6) is 0 Å². The highest BCUT2D eigenvalue weighted by Crippen LogP contribution is 2.44. The molecule has 3 aliphatic heterocycles. The lowest BCUT2D eigenvalue weighted by atomic mass is 9.84. The lowest BCUT2D eigenvalue weighted by molar-refractivity contribution is -0.132. The molecular weight excluding hydrogens is 458 g/mol. The van der Waals surface area contributed by atoms with Gasteiger partial charge in [-0.2, -0.15) is 5.26 Å². The molecule has 1 spiro atoms. The molecule has 2 saturated heterocycles. The number of nitrogens with zero attached hydrogens (tertiary/aromatic N) is 3. The fourth-order valence-electron chi connectivity index (χ4n) is 5.12. The average Bonchev–Trinajstić information content (AvgIpc) is 3.05. The molecule has 9 heteroatoms. The Morgan fingerprint density at radius 3 is 2.86 bits per heavy atom. The van der Waals surface area contributed by atoms with E-state index in [-0.39, 0.29) is 11.9 Å². The number of hydrogen-bond donors (Lipinski definition) is 2. The number of nitrogens with one attached hydrogen (secondary N) is 2. The summed E-state index contributed by atoms with van der Waals surface area (Å²) in [6.07, 6.45) is 3.83. The van der Waals surface area contributed by atoms with Crippen LogP contribution in [0.4, 0.5) is 0 Å². The summed E-state index contributed by atoms with van der Waals surface area (Å²) in [5.41, 5.74) is 3.54. The first kappa shape index (κ1) is 24.4. The zero-order valence-corrected chi connectivity index (χ0v) is 20.5. The van der Waals surface area contributed by atoms with Gasteiger partial charge in [-0.15, -0.1) is 0 Å². The van der Waals surface area contributed by atoms with Crippen molar-refractivity contribution in [2.24, 2.45) is 0 Å². The molecule has 0 radical (unpaired) electrons. The number of likely N-dealkylation sites (tertiary alicyclic amines) is 1. The molecule has 5 rings (SSSR count). The summed E-state index contributed by atoms with van der Waals surface area (Å²) < 4.78 is 11.5. The smallest absolute Gasteiger partial charge is 0.341 e. The molecule has 0 unspecified atom stereocenters. The molecule has 0 bridgehead atoms. The molecule has 1 amide bonds. The summed E-state index contributed by atoms with van der Waals surface area (Å²) in [4.78, 5) is 31.8. The molecule has 9 nitrogen and oxygen atoms in total. The summed E-state index contributed by atoms with van der Waals surface area (Å²) in [5.74, 6) is -0.562.